The summed E-state index contributed by atoms with van der Waals surface area (Å²) in [5, 5.41) is 14.6. The molecule has 0 saturated heterocycles. The molecule has 4 rings (SSSR count). The van der Waals surface area contributed by atoms with Crippen LogP contribution in [-0.4, -0.2) is 27.4 Å². The third kappa shape index (κ3) is 6.42. The first-order valence-electron chi connectivity index (χ1n) is 10.4. The lowest BCUT2D eigenvalue weighted by Gasteiger charge is -2.12. The number of nitrogens with one attached hydrogen (secondary N) is 3. The van der Waals surface area contributed by atoms with Crippen LogP contribution in [0.2, 0.25) is 0 Å². The highest BCUT2D eigenvalue weighted by molar-refractivity contribution is 5.80. The molecule has 11 nitrogen and oxygen atoms in total. The van der Waals surface area contributed by atoms with Crippen molar-refractivity contribution in [1.82, 2.24) is 15.4 Å². The fourth-order valence-corrected chi connectivity index (χ4v) is 2.93. The van der Waals surface area contributed by atoms with Gasteiger partial charge >= 0.3 is 5.69 Å². The van der Waals surface area contributed by atoms with E-state index in [9.17, 15) is 14.9 Å². The number of ether oxygens (including phenoxy) is 2. The number of hydrogen-bond acceptors (Lipinski definition) is 9. The molecule has 3 N–H and O–H groups in total. The van der Waals surface area contributed by atoms with Crippen LogP contribution in [0.1, 0.15) is 0 Å². The number of carbonyl (C=O) groups excluding carboxylic acids is 1. The van der Waals surface area contributed by atoms with Gasteiger partial charge in [0.1, 0.15) is 23.6 Å². The quantitative estimate of drug-likeness (QED) is 0.226. The molecule has 1 aromatic heterocycles. The minimum absolute atomic E-state index is 0.0565. The van der Waals surface area contributed by atoms with Crippen LogP contribution in [-0.2, 0) is 4.79 Å². The fraction of sp³-hybridized carbons (Fsp3) is 0.0417. The molecule has 0 radical (unpaired) electrons. The van der Waals surface area contributed by atoms with Gasteiger partial charge in [0.05, 0.1) is 4.92 Å². The predicted octanol–water partition coefficient (Wildman–Crippen LogP) is 4.44. The summed E-state index contributed by atoms with van der Waals surface area (Å²) in [6, 6.07) is 24.9. The molecule has 3 aromatic carbocycles. The van der Waals surface area contributed by atoms with Gasteiger partial charge in [-0.15, -0.1) is 0 Å². The third-order valence-corrected chi connectivity index (χ3v) is 4.53. The second kappa shape index (κ2) is 11.1. The highest BCUT2D eigenvalue weighted by Gasteiger charge is 2.23. The smallest absolute Gasteiger partial charge is 0.355 e. The van der Waals surface area contributed by atoms with Gasteiger partial charge in [-0.1, -0.05) is 36.4 Å². The Morgan fingerprint density at radius 2 is 1.43 bits per heavy atom. The van der Waals surface area contributed by atoms with Crippen molar-refractivity contribution in [2.75, 3.05) is 17.3 Å². The van der Waals surface area contributed by atoms with E-state index in [1.165, 1.54) is 0 Å². The summed E-state index contributed by atoms with van der Waals surface area (Å²) in [6.45, 7) is -0.293. The molecular formula is C24H20N6O5. The molecule has 176 valence electrons. The Bertz CT molecular complexity index is 1290. The van der Waals surface area contributed by atoms with Crippen LogP contribution in [0.15, 0.2) is 91.3 Å². The summed E-state index contributed by atoms with van der Waals surface area (Å²) < 4.78 is 11.1. The number of hydrazine groups is 1. The molecule has 0 fully saturated rings. The molecule has 0 aliphatic rings. The van der Waals surface area contributed by atoms with Crippen LogP contribution in [0.25, 0.3) is 0 Å². The second-order valence-corrected chi connectivity index (χ2v) is 7.02. The topological polar surface area (TPSA) is 141 Å². The van der Waals surface area contributed by atoms with Gasteiger partial charge in [-0.05, 0) is 48.5 Å². The van der Waals surface area contributed by atoms with Crippen LogP contribution in [0.4, 0.5) is 23.0 Å². The Labute approximate surface area is 199 Å². The Kier molecular flexibility index (Phi) is 7.29. The summed E-state index contributed by atoms with van der Waals surface area (Å²) >= 11 is 0. The van der Waals surface area contributed by atoms with Gasteiger partial charge in [-0.3, -0.25) is 25.8 Å². The Morgan fingerprint density at radius 3 is 2.09 bits per heavy atom. The molecule has 4 aromatic rings. The van der Waals surface area contributed by atoms with Crippen LogP contribution in [0.5, 0.6) is 17.2 Å². The van der Waals surface area contributed by atoms with E-state index in [4.69, 9.17) is 9.47 Å². The van der Waals surface area contributed by atoms with E-state index in [0.29, 0.717) is 22.9 Å². The summed E-state index contributed by atoms with van der Waals surface area (Å²) in [5.74, 6) is 1.00. The first kappa shape index (κ1) is 23.0. The Morgan fingerprint density at radius 1 is 0.829 bits per heavy atom. The number of nitrogens with zero attached hydrogens (tertiary/aromatic N) is 3. The number of anilines is 3. The first-order valence-corrected chi connectivity index (χ1v) is 10.4. The maximum atomic E-state index is 12.1. The van der Waals surface area contributed by atoms with Crippen molar-refractivity contribution in [3.05, 3.63) is 101 Å². The van der Waals surface area contributed by atoms with Crippen molar-refractivity contribution in [3.8, 4) is 17.2 Å². The van der Waals surface area contributed by atoms with Crippen molar-refractivity contribution in [1.29, 1.82) is 0 Å². The molecule has 11 heteroatoms. The third-order valence-electron chi connectivity index (χ3n) is 4.53. The maximum absolute atomic E-state index is 12.1. The molecular weight excluding hydrogens is 452 g/mol. The molecule has 0 aliphatic carbocycles. The molecule has 0 bridgehead atoms. The number of para-hydroxylation sites is 2. The molecule has 0 spiro atoms. The van der Waals surface area contributed by atoms with Gasteiger partial charge < -0.3 is 14.8 Å². The zero-order valence-electron chi connectivity index (χ0n) is 18.3. The lowest BCUT2D eigenvalue weighted by Crippen LogP contribution is -2.34. The molecule has 0 atom stereocenters. The molecule has 0 aliphatic heterocycles. The van der Waals surface area contributed by atoms with Gasteiger partial charge in [0.25, 0.3) is 5.91 Å². The number of carbonyl (C=O) groups is 1. The van der Waals surface area contributed by atoms with E-state index in [0.717, 1.165) is 6.33 Å². The van der Waals surface area contributed by atoms with E-state index in [2.05, 4.69) is 26.1 Å². The lowest BCUT2D eigenvalue weighted by atomic mass is 10.3. The molecule has 0 unspecified atom stereocenters. The largest absolute Gasteiger partial charge is 0.484 e. The Balaban J connectivity index is 1.40. The van der Waals surface area contributed by atoms with E-state index < -0.39 is 16.5 Å². The number of aromatic nitrogens is 2. The number of hydrogen-bond donors (Lipinski definition) is 3. The standard InChI is InChI=1S/C24H20N6O5/c31-21(15-34-18-7-3-1-4-8-18)28-29-24-22(30(32)33)23(25-16-26-24)27-17-11-13-20(14-12-17)35-19-9-5-2-6-10-19/h1-14,16H,15H2,(H,28,31)(H2,25,26,27,29). The summed E-state index contributed by atoms with van der Waals surface area (Å²) in [5.41, 5.74) is 4.89. The SMILES string of the molecule is O=C(COc1ccccc1)NNc1ncnc(Nc2ccc(Oc3ccccc3)cc2)c1[N+](=O)[O-]. The zero-order chi connectivity index (χ0) is 24.5. The van der Waals surface area contributed by atoms with E-state index in [1.807, 2.05) is 36.4 Å². The predicted molar refractivity (Wildman–Crippen MR) is 129 cm³/mol. The van der Waals surface area contributed by atoms with Crippen LogP contribution in [0.3, 0.4) is 0 Å². The average molecular weight is 472 g/mol. The normalized spacial score (nSPS) is 10.2. The van der Waals surface area contributed by atoms with Crippen LogP contribution in [0, 0.1) is 10.1 Å². The number of rotatable bonds is 10. The number of nitro groups is 1. The van der Waals surface area contributed by atoms with Gasteiger partial charge in [-0.25, -0.2) is 9.97 Å². The average Bonchev–Trinajstić information content (AvgIpc) is 2.88. The molecule has 0 saturated carbocycles. The minimum atomic E-state index is -0.649. The number of benzene rings is 3. The molecule has 1 amide bonds. The van der Waals surface area contributed by atoms with Crippen LogP contribution < -0.4 is 25.6 Å². The lowest BCUT2D eigenvalue weighted by molar-refractivity contribution is -0.383. The van der Waals surface area contributed by atoms with Crippen molar-refractivity contribution >= 4 is 28.9 Å². The number of amides is 1. The zero-order valence-corrected chi connectivity index (χ0v) is 18.3. The maximum Gasteiger partial charge on any atom is 0.355 e. The second-order valence-electron chi connectivity index (χ2n) is 7.02. The van der Waals surface area contributed by atoms with E-state index in [1.54, 1.807) is 48.5 Å². The summed E-state index contributed by atoms with van der Waals surface area (Å²) in [7, 11) is 0. The van der Waals surface area contributed by atoms with Gasteiger partial charge in [0.15, 0.2) is 6.61 Å². The molecule has 35 heavy (non-hydrogen) atoms. The monoisotopic (exact) mass is 472 g/mol. The van der Waals surface area contributed by atoms with Crippen molar-refractivity contribution < 1.29 is 19.2 Å². The van der Waals surface area contributed by atoms with Crippen molar-refractivity contribution in [2.24, 2.45) is 0 Å². The summed E-state index contributed by atoms with van der Waals surface area (Å²) in [4.78, 5) is 31.0. The highest BCUT2D eigenvalue weighted by atomic mass is 16.6. The first-order chi connectivity index (χ1) is 17.1. The minimum Gasteiger partial charge on any atom is -0.484 e. The summed E-state index contributed by atoms with van der Waals surface area (Å²) in [6.07, 6.45) is 1.14. The van der Waals surface area contributed by atoms with Crippen molar-refractivity contribution in [3.63, 3.8) is 0 Å². The highest BCUT2D eigenvalue weighted by Crippen LogP contribution is 2.31. The fourth-order valence-electron chi connectivity index (χ4n) is 2.93. The van der Waals surface area contributed by atoms with Crippen molar-refractivity contribution in [2.45, 2.75) is 0 Å². The van der Waals surface area contributed by atoms with E-state index in [-0.39, 0.29) is 18.2 Å². The Hall–Kier alpha value is -5.19. The van der Waals surface area contributed by atoms with E-state index >= 15 is 0 Å². The van der Waals surface area contributed by atoms with Gasteiger partial charge in [0, 0.05) is 5.69 Å². The molecule has 1 heterocycles. The van der Waals surface area contributed by atoms with Crippen LogP contribution >= 0.6 is 0 Å². The van der Waals surface area contributed by atoms with Gasteiger partial charge in [0.2, 0.25) is 11.6 Å². The van der Waals surface area contributed by atoms with Gasteiger partial charge in [-0.2, -0.15) is 0 Å².